The van der Waals surface area contributed by atoms with Gasteiger partial charge in [0.25, 0.3) is 0 Å². The summed E-state index contributed by atoms with van der Waals surface area (Å²) in [5, 5.41) is 11.7. The van der Waals surface area contributed by atoms with Gasteiger partial charge in [0.15, 0.2) is 10.6 Å². The summed E-state index contributed by atoms with van der Waals surface area (Å²) in [5.41, 5.74) is -0.284. The highest BCUT2D eigenvalue weighted by atomic mass is 35.5. The Kier molecular flexibility index (Phi) is 5.42. The van der Waals surface area contributed by atoms with E-state index >= 15 is 0 Å². The molecule has 1 aromatic carbocycles. The van der Waals surface area contributed by atoms with Crippen molar-refractivity contribution in [2.45, 2.75) is 37.4 Å². The van der Waals surface area contributed by atoms with E-state index in [0.717, 1.165) is 0 Å². The van der Waals surface area contributed by atoms with Gasteiger partial charge in [0.2, 0.25) is 0 Å². The predicted octanol–water partition coefficient (Wildman–Crippen LogP) is 5.29. The number of thiophene rings is 1. The van der Waals surface area contributed by atoms with E-state index in [4.69, 9.17) is 17.0 Å². The number of benzene rings is 1. The third-order valence-electron chi connectivity index (χ3n) is 4.53. The van der Waals surface area contributed by atoms with Gasteiger partial charge in [-0.3, -0.25) is 5.41 Å². The number of halogens is 4. The molecule has 0 bridgehead atoms. The van der Waals surface area contributed by atoms with Crippen LogP contribution in [0.25, 0.3) is 10.4 Å². The van der Waals surface area contributed by atoms with Crippen molar-refractivity contribution in [1.29, 1.82) is 5.41 Å². The van der Waals surface area contributed by atoms with E-state index in [-0.39, 0.29) is 17.3 Å². The normalized spacial score (nSPS) is 24.7. The molecule has 1 saturated heterocycles. The van der Waals surface area contributed by atoms with Crippen LogP contribution in [-0.4, -0.2) is 27.3 Å². The topological polar surface area (TPSA) is 68.2 Å². The summed E-state index contributed by atoms with van der Waals surface area (Å²) in [6.07, 6.45) is -4.77. The Labute approximate surface area is 172 Å². The summed E-state index contributed by atoms with van der Waals surface area (Å²) in [4.78, 5) is 1.33. The molecule has 152 valence electrons. The Morgan fingerprint density at radius 1 is 1.29 bits per heavy atom. The molecule has 0 aliphatic carbocycles. The minimum atomic E-state index is -4.77. The second kappa shape index (κ2) is 7.12. The molecule has 2 heterocycles. The highest BCUT2D eigenvalue weighted by Crippen LogP contribution is 2.44. The Hall–Kier alpha value is -1.42. The van der Waals surface area contributed by atoms with Crippen LogP contribution >= 0.6 is 22.9 Å². The summed E-state index contributed by atoms with van der Waals surface area (Å²) >= 11 is 6.41. The molecule has 4 nitrogen and oxygen atoms in total. The number of nitrogens with one attached hydrogen (secondary N) is 2. The lowest BCUT2D eigenvalue weighted by molar-refractivity contribution is -0.274. The van der Waals surface area contributed by atoms with Gasteiger partial charge in [0.1, 0.15) is 17.0 Å². The van der Waals surface area contributed by atoms with Crippen molar-refractivity contribution in [3.63, 3.8) is 0 Å². The van der Waals surface area contributed by atoms with Crippen LogP contribution in [0.4, 0.5) is 13.2 Å². The third-order valence-corrected chi connectivity index (χ3v) is 8.57. The summed E-state index contributed by atoms with van der Waals surface area (Å²) in [7, 11) is 0. The fourth-order valence-electron chi connectivity index (χ4n) is 2.87. The van der Waals surface area contributed by atoms with Crippen LogP contribution in [0.5, 0.6) is 5.75 Å². The fraction of sp³-hybridized carbons (Fsp3) is 0.389. The third kappa shape index (κ3) is 4.12. The van der Waals surface area contributed by atoms with Crippen LogP contribution < -0.4 is 10.1 Å². The van der Waals surface area contributed by atoms with Gasteiger partial charge in [-0.1, -0.05) is 23.7 Å². The maximum absolute atomic E-state index is 12.6. The largest absolute Gasteiger partial charge is 0.616 e. The summed E-state index contributed by atoms with van der Waals surface area (Å²) < 4.78 is 53.3. The molecule has 0 radical (unpaired) electrons. The van der Waals surface area contributed by atoms with Crippen molar-refractivity contribution in [2.75, 3.05) is 5.75 Å². The summed E-state index contributed by atoms with van der Waals surface area (Å²) in [5.74, 6) is 0.105. The Bertz CT molecular complexity index is 916. The summed E-state index contributed by atoms with van der Waals surface area (Å²) in [6.45, 7) is 5.30. The van der Waals surface area contributed by atoms with Crippen molar-refractivity contribution in [1.82, 2.24) is 5.32 Å². The smallest absolute Gasteiger partial charge is 0.573 e. The van der Waals surface area contributed by atoms with Gasteiger partial charge in [-0.25, -0.2) is 0 Å². The quantitative estimate of drug-likeness (QED) is 0.624. The lowest BCUT2D eigenvalue weighted by atomic mass is 10.00. The molecule has 2 N–H and O–H groups in total. The second-order valence-electron chi connectivity index (χ2n) is 7.20. The number of hydrogen-bond acceptors (Lipinski definition) is 4. The van der Waals surface area contributed by atoms with E-state index in [9.17, 15) is 17.7 Å². The standard InChI is InChI=1S/C18H18ClF3N2O2S2/c1-16(2)15(23)24-17(3,9-28(16)25)14-12(19)8-13(27-14)10-5-4-6-11(7-10)26-18(20,21)22/h4-8H,9H2,1-3H3,(H2,23,24)/t17-,28?/m0/s1. The first-order valence-electron chi connectivity index (χ1n) is 8.23. The Balaban J connectivity index is 1.94. The van der Waals surface area contributed by atoms with Crippen LogP contribution in [0.3, 0.4) is 0 Å². The van der Waals surface area contributed by atoms with E-state index in [0.29, 0.717) is 20.3 Å². The van der Waals surface area contributed by atoms with Crippen molar-refractivity contribution in [2.24, 2.45) is 0 Å². The minimum Gasteiger partial charge on any atom is -0.616 e. The van der Waals surface area contributed by atoms with Gasteiger partial charge in [0, 0.05) is 4.88 Å². The SMILES string of the molecule is CC1(C)C(=N)N[C@](C)(c2sc(-c3cccc(OC(F)(F)F)c3)cc2Cl)C[S+]1[O-]. The summed E-state index contributed by atoms with van der Waals surface area (Å²) in [6, 6.07) is 7.31. The van der Waals surface area contributed by atoms with E-state index in [1.54, 1.807) is 26.0 Å². The molecule has 2 atom stereocenters. The highest BCUT2D eigenvalue weighted by Gasteiger charge is 2.50. The molecule has 10 heteroatoms. The highest BCUT2D eigenvalue weighted by molar-refractivity contribution is 7.93. The van der Waals surface area contributed by atoms with Crippen LogP contribution in [-0.2, 0) is 16.7 Å². The molecule has 28 heavy (non-hydrogen) atoms. The molecular weight excluding hydrogens is 433 g/mol. The zero-order chi connectivity index (χ0) is 20.9. The average Bonchev–Trinajstić information content (AvgIpc) is 2.95. The van der Waals surface area contributed by atoms with Crippen LogP contribution in [0.2, 0.25) is 5.02 Å². The lowest BCUT2D eigenvalue weighted by Crippen LogP contribution is -2.63. The minimum absolute atomic E-state index is 0.158. The zero-order valence-corrected chi connectivity index (χ0v) is 17.6. The number of ether oxygens (including phenoxy) is 1. The van der Waals surface area contributed by atoms with Gasteiger partial charge in [-0.2, -0.15) is 0 Å². The zero-order valence-electron chi connectivity index (χ0n) is 15.2. The van der Waals surface area contributed by atoms with E-state index in [1.165, 1.54) is 29.5 Å². The van der Waals surface area contributed by atoms with Gasteiger partial charge in [0.05, 0.1) is 9.90 Å². The fourth-order valence-corrected chi connectivity index (χ4v) is 5.99. The van der Waals surface area contributed by atoms with E-state index in [1.807, 2.05) is 6.92 Å². The molecule has 1 fully saturated rings. The maximum Gasteiger partial charge on any atom is 0.573 e. The Morgan fingerprint density at radius 3 is 2.57 bits per heavy atom. The monoisotopic (exact) mass is 450 g/mol. The van der Waals surface area contributed by atoms with Crippen LogP contribution in [0.15, 0.2) is 30.3 Å². The Morgan fingerprint density at radius 2 is 1.96 bits per heavy atom. The maximum atomic E-state index is 12.6. The van der Waals surface area contributed by atoms with E-state index < -0.39 is 27.8 Å². The van der Waals surface area contributed by atoms with Crippen LogP contribution in [0.1, 0.15) is 25.6 Å². The number of alkyl halides is 3. The first-order chi connectivity index (χ1) is 12.8. The van der Waals surface area contributed by atoms with E-state index in [2.05, 4.69) is 10.1 Å². The molecule has 0 amide bonds. The molecular formula is C18H18ClF3N2O2S2. The predicted molar refractivity (Wildman–Crippen MR) is 107 cm³/mol. The first kappa shape index (κ1) is 21.3. The van der Waals surface area contributed by atoms with Gasteiger partial charge in [-0.15, -0.1) is 24.5 Å². The number of rotatable bonds is 3. The lowest BCUT2D eigenvalue weighted by Gasteiger charge is -2.43. The molecule has 1 aliphatic heterocycles. The second-order valence-corrected chi connectivity index (χ2v) is 10.7. The molecule has 2 aromatic rings. The molecule has 0 spiro atoms. The average molecular weight is 451 g/mol. The number of amidine groups is 1. The van der Waals surface area contributed by atoms with Crippen LogP contribution in [0, 0.1) is 5.41 Å². The first-order valence-corrected chi connectivity index (χ1v) is 10.7. The van der Waals surface area contributed by atoms with Crippen molar-refractivity contribution in [3.05, 3.63) is 40.2 Å². The van der Waals surface area contributed by atoms with Crippen molar-refractivity contribution in [3.8, 4) is 16.2 Å². The van der Waals surface area contributed by atoms with Crippen molar-refractivity contribution >= 4 is 39.9 Å². The molecule has 1 unspecified atom stereocenters. The molecule has 1 aromatic heterocycles. The molecule has 1 aliphatic rings. The number of hydrogen-bond donors (Lipinski definition) is 2. The van der Waals surface area contributed by atoms with Gasteiger partial charge < -0.3 is 14.6 Å². The van der Waals surface area contributed by atoms with Gasteiger partial charge in [-0.05, 0) is 55.7 Å². The van der Waals surface area contributed by atoms with Gasteiger partial charge >= 0.3 is 6.36 Å². The molecule has 0 saturated carbocycles. The van der Waals surface area contributed by atoms with Crippen molar-refractivity contribution < 1.29 is 22.5 Å². The molecule has 3 rings (SSSR count).